The van der Waals surface area contributed by atoms with Crippen molar-refractivity contribution in [3.05, 3.63) is 48.2 Å². The van der Waals surface area contributed by atoms with E-state index in [-0.39, 0.29) is 24.3 Å². The van der Waals surface area contributed by atoms with E-state index >= 15 is 0 Å². The monoisotopic (exact) mass is 380 g/mol. The number of nitrogens with zero attached hydrogens (tertiary/aromatic N) is 3. The fourth-order valence-corrected chi connectivity index (χ4v) is 3.69. The Balaban J connectivity index is 1.59. The number of ether oxygens (including phenoxy) is 1. The van der Waals surface area contributed by atoms with Crippen molar-refractivity contribution in [3.63, 3.8) is 0 Å². The molecule has 1 N–H and O–H groups in total. The zero-order chi connectivity index (χ0) is 19.7. The van der Waals surface area contributed by atoms with Crippen molar-refractivity contribution in [1.82, 2.24) is 9.88 Å². The SMILES string of the molecule is COc1ccc(NC(=O)CN2C(=O)[C@@H]3CCCN3C(=O)c3ccccc32)cn1. The molecule has 0 saturated carbocycles. The summed E-state index contributed by atoms with van der Waals surface area (Å²) in [4.78, 5) is 45.7. The fourth-order valence-electron chi connectivity index (χ4n) is 3.69. The Morgan fingerprint density at radius 1 is 1.25 bits per heavy atom. The third-order valence-corrected chi connectivity index (χ3v) is 5.02. The molecule has 1 aromatic heterocycles. The molecule has 2 aliphatic rings. The minimum absolute atomic E-state index is 0.159. The highest BCUT2D eigenvalue weighted by molar-refractivity contribution is 6.13. The number of aromatic nitrogens is 1. The predicted molar refractivity (Wildman–Crippen MR) is 102 cm³/mol. The van der Waals surface area contributed by atoms with Crippen molar-refractivity contribution in [2.75, 3.05) is 30.4 Å². The minimum Gasteiger partial charge on any atom is -0.481 e. The molecule has 4 rings (SSSR count). The summed E-state index contributed by atoms with van der Waals surface area (Å²) < 4.78 is 5.00. The maximum Gasteiger partial charge on any atom is 0.256 e. The van der Waals surface area contributed by atoms with Gasteiger partial charge in [-0.3, -0.25) is 14.4 Å². The molecule has 0 radical (unpaired) electrons. The highest BCUT2D eigenvalue weighted by Crippen LogP contribution is 2.32. The summed E-state index contributed by atoms with van der Waals surface area (Å²) in [7, 11) is 1.51. The van der Waals surface area contributed by atoms with Crippen molar-refractivity contribution in [2.45, 2.75) is 18.9 Å². The van der Waals surface area contributed by atoms with Gasteiger partial charge in [0, 0.05) is 12.6 Å². The van der Waals surface area contributed by atoms with E-state index < -0.39 is 6.04 Å². The summed E-state index contributed by atoms with van der Waals surface area (Å²) in [5.41, 5.74) is 1.41. The molecule has 1 fully saturated rings. The van der Waals surface area contributed by atoms with Crippen molar-refractivity contribution in [2.24, 2.45) is 0 Å². The van der Waals surface area contributed by atoms with E-state index in [1.165, 1.54) is 18.2 Å². The van der Waals surface area contributed by atoms with E-state index in [0.717, 1.165) is 6.42 Å². The summed E-state index contributed by atoms with van der Waals surface area (Å²) in [6.45, 7) is 0.376. The highest BCUT2D eigenvalue weighted by Gasteiger charge is 2.42. The number of nitrogens with one attached hydrogen (secondary N) is 1. The number of benzene rings is 1. The fraction of sp³-hybridized carbons (Fsp3) is 0.300. The summed E-state index contributed by atoms with van der Waals surface area (Å²) in [5.74, 6) is -0.309. The van der Waals surface area contributed by atoms with Crippen LogP contribution in [0.1, 0.15) is 23.2 Å². The second kappa shape index (κ2) is 7.30. The maximum absolute atomic E-state index is 13.1. The van der Waals surface area contributed by atoms with Gasteiger partial charge in [-0.1, -0.05) is 12.1 Å². The number of hydrogen-bond acceptors (Lipinski definition) is 5. The van der Waals surface area contributed by atoms with E-state index in [0.29, 0.717) is 35.8 Å². The molecule has 0 aliphatic carbocycles. The van der Waals surface area contributed by atoms with Crippen LogP contribution >= 0.6 is 0 Å². The van der Waals surface area contributed by atoms with E-state index in [9.17, 15) is 14.4 Å². The molecule has 1 aromatic carbocycles. The molecule has 3 amide bonds. The van der Waals surface area contributed by atoms with E-state index in [2.05, 4.69) is 10.3 Å². The average Bonchev–Trinajstić information content (AvgIpc) is 3.19. The van der Waals surface area contributed by atoms with Crippen LogP contribution < -0.4 is 15.0 Å². The first-order chi connectivity index (χ1) is 13.6. The first-order valence-electron chi connectivity index (χ1n) is 9.10. The molecular weight excluding hydrogens is 360 g/mol. The molecule has 0 spiro atoms. The van der Waals surface area contributed by atoms with Crippen LogP contribution in [-0.4, -0.2) is 53.8 Å². The van der Waals surface area contributed by atoms with E-state index in [1.807, 2.05) is 0 Å². The van der Waals surface area contributed by atoms with Gasteiger partial charge in [0.05, 0.1) is 30.2 Å². The smallest absolute Gasteiger partial charge is 0.256 e. The normalized spacial score (nSPS) is 18.4. The Bertz CT molecular complexity index is 928. The summed E-state index contributed by atoms with van der Waals surface area (Å²) >= 11 is 0. The molecule has 3 heterocycles. The van der Waals surface area contributed by atoms with Crippen LogP contribution in [0, 0.1) is 0 Å². The minimum atomic E-state index is -0.518. The molecule has 144 valence electrons. The number of anilines is 2. The number of rotatable bonds is 4. The molecule has 1 saturated heterocycles. The van der Waals surface area contributed by atoms with E-state index in [4.69, 9.17) is 4.74 Å². The van der Waals surface area contributed by atoms with Crippen LogP contribution in [0.4, 0.5) is 11.4 Å². The second-order valence-electron chi connectivity index (χ2n) is 6.74. The van der Waals surface area contributed by atoms with Gasteiger partial charge in [0.1, 0.15) is 12.6 Å². The van der Waals surface area contributed by atoms with Gasteiger partial charge in [-0.2, -0.15) is 0 Å². The number of hydrogen-bond donors (Lipinski definition) is 1. The van der Waals surface area contributed by atoms with E-state index in [1.54, 1.807) is 41.3 Å². The number of amides is 3. The Morgan fingerprint density at radius 3 is 2.82 bits per heavy atom. The molecule has 8 heteroatoms. The topological polar surface area (TPSA) is 91.8 Å². The van der Waals surface area contributed by atoms with Crippen LogP contribution in [0.2, 0.25) is 0 Å². The number of carbonyl (C=O) groups is 3. The van der Waals surface area contributed by atoms with Crippen molar-refractivity contribution in [1.29, 1.82) is 0 Å². The number of carbonyl (C=O) groups excluding carboxylic acids is 3. The Kier molecular flexibility index (Phi) is 4.68. The molecular formula is C20H20N4O4. The summed E-state index contributed by atoms with van der Waals surface area (Å²) in [5, 5.41) is 2.73. The Morgan fingerprint density at radius 2 is 2.07 bits per heavy atom. The first kappa shape index (κ1) is 18.0. The zero-order valence-corrected chi connectivity index (χ0v) is 15.4. The second-order valence-corrected chi connectivity index (χ2v) is 6.74. The van der Waals surface area contributed by atoms with Crippen molar-refractivity contribution >= 4 is 29.1 Å². The highest BCUT2D eigenvalue weighted by atomic mass is 16.5. The first-order valence-corrected chi connectivity index (χ1v) is 9.10. The van der Waals surface area contributed by atoms with Gasteiger partial charge >= 0.3 is 0 Å². The maximum atomic E-state index is 13.1. The molecule has 2 aliphatic heterocycles. The summed E-state index contributed by atoms with van der Waals surface area (Å²) in [6, 6.07) is 9.71. The quantitative estimate of drug-likeness (QED) is 0.871. The zero-order valence-electron chi connectivity index (χ0n) is 15.4. The van der Waals surface area contributed by atoms with Crippen molar-refractivity contribution in [3.8, 4) is 5.88 Å². The number of methoxy groups -OCH3 is 1. The molecule has 1 atom stereocenters. The van der Waals surface area contributed by atoms with Crippen LogP contribution in [0.15, 0.2) is 42.6 Å². The Labute approximate surface area is 162 Å². The third-order valence-electron chi connectivity index (χ3n) is 5.02. The number of pyridine rings is 1. The van der Waals surface area contributed by atoms with Crippen LogP contribution in [-0.2, 0) is 9.59 Å². The molecule has 28 heavy (non-hydrogen) atoms. The Hall–Kier alpha value is -3.42. The lowest BCUT2D eigenvalue weighted by atomic mass is 10.1. The van der Waals surface area contributed by atoms with Crippen LogP contribution in [0.25, 0.3) is 0 Å². The van der Waals surface area contributed by atoms with Crippen LogP contribution in [0.5, 0.6) is 5.88 Å². The van der Waals surface area contributed by atoms with Gasteiger partial charge in [0.25, 0.3) is 5.91 Å². The van der Waals surface area contributed by atoms with Gasteiger partial charge in [-0.25, -0.2) is 4.98 Å². The average molecular weight is 380 g/mol. The lowest BCUT2D eigenvalue weighted by Crippen LogP contribution is -2.47. The molecule has 2 aromatic rings. The third kappa shape index (κ3) is 3.17. The van der Waals surface area contributed by atoms with Gasteiger partial charge in [-0.05, 0) is 31.0 Å². The van der Waals surface area contributed by atoms with Gasteiger partial charge < -0.3 is 19.9 Å². The van der Waals surface area contributed by atoms with Gasteiger partial charge in [0.2, 0.25) is 17.7 Å². The largest absolute Gasteiger partial charge is 0.481 e. The summed E-state index contributed by atoms with van der Waals surface area (Å²) in [6.07, 6.45) is 2.87. The van der Waals surface area contributed by atoms with Gasteiger partial charge in [0.15, 0.2) is 0 Å². The van der Waals surface area contributed by atoms with Crippen molar-refractivity contribution < 1.29 is 19.1 Å². The molecule has 0 unspecified atom stereocenters. The number of para-hydroxylation sites is 1. The van der Waals surface area contributed by atoms with Gasteiger partial charge in [-0.15, -0.1) is 0 Å². The molecule has 0 bridgehead atoms. The number of fused-ring (bicyclic) bond motifs is 2. The molecule has 8 nitrogen and oxygen atoms in total. The van der Waals surface area contributed by atoms with Crippen LogP contribution in [0.3, 0.4) is 0 Å². The lowest BCUT2D eigenvalue weighted by Gasteiger charge is -2.25. The standard InChI is InChI=1S/C20H20N4O4/c1-28-18-9-8-13(11-21-18)22-17(25)12-24-15-6-3-2-5-14(15)19(26)23-10-4-7-16(23)20(24)27/h2-3,5-6,8-9,11,16H,4,7,10,12H2,1H3,(H,22,25)/t16-/m0/s1. The lowest BCUT2D eigenvalue weighted by molar-refractivity contribution is -0.124. The predicted octanol–water partition coefficient (Wildman–Crippen LogP) is 1.68.